The summed E-state index contributed by atoms with van der Waals surface area (Å²) in [6, 6.07) is 0. The number of nitrogens with zero attached hydrogens (tertiary/aromatic N) is 1. The summed E-state index contributed by atoms with van der Waals surface area (Å²) < 4.78 is 0. The molecule has 0 radical (unpaired) electrons. The van der Waals surface area contributed by atoms with Crippen LogP contribution in [0.1, 0.15) is 26.2 Å². The summed E-state index contributed by atoms with van der Waals surface area (Å²) in [4.78, 5) is 17.8. The third-order valence-electron chi connectivity index (χ3n) is 2.95. The predicted molar refractivity (Wildman–Crippen MR) is 55.3 cm³/mol. The number of H-pyrrole nitrogens is 1. The number of nitrogens with one attached hydrogen (secondary N) is 2. The number of anilines is 1. The standard InChI is InChI=1S/C10H15N3O/c1-10(3-2-4-10)7-13-8-9(14)12-6-5-11-8/h5-6H,2-4,7H2,1H3,(H,11,13)(H,12,14). The molecular formula is C10H15N3O. The van der Waals surface area contributed by atoms with Crippen molar-refractivity contribution in [2.75, 3.05) is 11.9 Å². The van der Waals surface area contributed by atoms with Crippen molar-refractivity contribution >= 4 is 5.82 Å². The summed E-state index contributed by atoms with van der Waals surface area (Å²) >= 11 is 0. The van der Waals surface area contributed by atoms with Gasteiger partial charge in [-0.2, -0.15) is 0 Å². The third-order valence-corrected chi connectivity index (χ3v) is 2.95. The Morgan fingerprint density at radius 3 is 3.00 bits per heavy atom. The highest BCUT2D eigenvalue weighted by molar-refractivity contribution is 5.30. The summed E-state index contributed by atoms with van der Waals surface area (Å²) in [6.07, 6.45) is 6.91. The molecule has 76 valence electrons. The van der Waals surface area contributed by atoms with Crippen molar-refractivity contribution in [3.8, 4) is 0 Å². The van der Waals surface area contributed by atoms with Crippen molar-refractivity contribution < 1.29 is 0 Å². The molecule has 0 spiro atoms. The van der Waals surface area contributed by atoms with Crippen molar-refractivity contribution in [1.29, 1.82) is 0 Å². The van der Waals surface area contributed by atoms with Crippen LogP contribution in [0.25, 0.3) is 0 Å². The molecule has 0 bridgehead atoms. The highest BCUT2D eigenvalue weighted by atomic mass is 16.1. The summed E-state index contributed by atoms with van der Waals surface area (Å²) in [7, 11) is 0. The maximum absolute atomic E-state index is 11.3. The molecule has 0 amide bonds. The van der Waals surface area contributed by atoms with Crippen LogP contribution >= 0.6 is 0 Å². The molecule has 1 fully saturated rings. The Hall–Kier alpha value is -1.32. The normalized spacial score (nSPS) is 18.6. The van der Waals surface area contributed by atoms with Gasteiger partial charge >= 0.3 is 0 Å². The summed E-state index contributed by atoms with van der Waals surface area (Å²) in [5.41, 5.74) is 0.222. The first-order chi connectivity index (χ1) is 6.70. The van der Waals surface area contributed by atoms with Gasteiger partial charge in [0, 0.05) is 18.9 Å². The Balaban J connectivity index is 1.98. The lowest BCUT2D eigenvalue weighted by molar-refractivity contribution is 0.179. The molecule has 2 rings (SSSR count). The van der Waals surface area contributed by atoms with Crippen molar-refractivity contribution in [1.82, 2.24) is 9.97 Å². The van der Waals surface area contributed by atoms with Gasteiger partial charge in [-0.1, -0.05) is 13.3 Å². The van der Waals surface area contributed by atoms with Gasteiger partial charge in [-0.3, -0.25) is 4.79 Å². The van der Waals surface area contributed by atoms with E-state index >= 15 is 0 Å². The van der Waals surface area contributed by atoms with Gasteiger partial charge < -0.3 is 10.3 Å². The van der Waals surface area contributed by atoms with E-state index in [1.807, 2.05) is 0 Å². The van der Waals surface area contributed by atoms with E-state index in [1.165, 1.54) is 19.3 Å². The second kappa shape index (κ2) is 3.44. The van der Waals surface area contributed by atoms with E-state index in [4.69, 9.17) is 0 Å². The number of hydrogen-bond acceptors (Lipinski definition) is 3. The molecule has 1 saturated carbocycles. The molecule has 0 aliphatic heterocycles. The second-order valence-corrected chi connectivity index (χ2v) is 4.28. The van der Waals surface area contributed by atoms with Gasteiger partial charge in [0.25, 0.3) is 5.56 Å². The van der Waals surface area contributed by atoms with Crippen LogP contribution in [-0.4, -0.2) is 16.5 Å². The molecule has 0 aromatic carbocycles. The fourth-order valence-electron chi connectivity index (χ4n) is 1.73. The van der Waals surface area contributed by atoms with Crippen LogP contribution in [0.4, 0.5) is 5.82 Å². The zero-order chi connectivity index (χ0) is 10.0. The molecule has 1 aliphatic carbocycles. The minimum Gasteiger partial charge on any atom is -0.365 e. The average molecular weight is 193 g/mol. The molecule has 4 nitrogen and oxygen atoms in total. The van der Waals surface area contributed by atoms with Crippen molar-refractivity contribution in [3.05, 3.63) is 22.7 Å². The van der Waals surface area contributed by atoms with E-state index in [0.717, 1.165) is 6.54 Å². The van der Waals surface area contributed by atoms with Gasteiger partial charge in [0.05, 0.1) is 0 Å². The van der Waals surface area contributed by atoms with Gasteiger partial charge in [-0.15, -0.1) is 0 Å². The van der Waals surface area contributed by atoms with Crippen LogP contribution in [0.2, 0.25) is 0 Å². The lowest BCUT2D eigenvalue weighted by Crippen LogP contribution is -2.34. The molecule has 0 unspecified atom stereocenters. The van der Waals surface area contributed by atoms with Crippen LogP contribution in [0.3, 0.4) is 0 Å². The van der Waals surface area contributed by atoms with Crippen LogP contribution in [0.5, 0.6) is 0 Å². The smallest absolute Gasteiger partial charge is 0.290 e. The van der Waals surface area contributed by atoms with E-state index in [9.17, 15) is 4.79 Å². The Bertz CT molecular complexity index is 368. The fourth-order valence-corrected chi connectivity index (χ4v) is 1.73. The van der Waals surface area contributed by atoms with E-state index in [1.54, 1.807) is 12.4 Å². The highest BCUT2D eigenvalue weighted by Crippen LogP contribution is 2.39. The summed E-state index contributed by atoms with van der Waals surface area (Å²) in [5.74, 6) is 0.431. The van der Waals surface area contributed by atoms with E-state index in [-0.39, 0.29) is 5.56 Å². The topological polar surface area (TPSA) is 57.8 Å². The third kappa shape index (κ3) is 1.78. The van der Waals surface area contributed by atoms with Crippen LogP contribution < -0.4 is 10.9 Å². The number of aromatic nitrogens is 2. The Morgan fingerprint density at radius 1 is 1.64 bits per heavy atom. The molecule has 0 saturated heterocycles. The molecule has 2 N–H and O–H groups in total. The predicted octanol–water partition coefficient (Wildman–Crippen LogP) is 1.37. The van der Waals surface area contributed by atoms with Crippen LogP contribution in [-0.2, 0) is 0 Å². The average Bonchev–Trinajstić information content (AvgIpc) is 2.14. The van der Waals surface area contributed by atoms with Gasteiger partial charge in [-0.05, 0) is 18.3 Å². The minimum absolute atomic E-state index is 0.143. The number of rotatable bonds is 3. The Labute approximate surface area is 82.8 Å². The number of aromatic amines is 1. The molecule has 14 heavy (non-hydrogen) atoms. The van der Waals surface area contributed by atoms with E-state index in [0.29, 0.717) is 11.2 Å². The van der Waals surface area contributed by atoms with Crippen molar-refractivity contribution in [2.45, 2.75) is 26.2 Å². The second-order valence-electron chi connectivity index (χ2n) is 4.28. The zero-order valence-electron chi connectivity index (χ0n) is 8.34. The van der Waals surface area contributed by atoms with Gasteiger partial charge in [0.15, 0.2) is 5.82 Å². The lowest BCUT2D eigenvalue weighted by Gasteiger charge is -2.38. The van der Waals surface area contributed by atoms with Crippen molar-refractivity contribution in [3.63, 3.8) is 0 Å². The number of hydrogen-bond donors (Lipinski definition) is 2. The largest absolute Gasteiger partial charge is 0.365 e. The van der Waals surface area contributed by atoms with Gasteiger partial charge in [0.1, 0.15) is 0 Å². The molecule has 1 aromatic rings. The first-order valence-electron chi connectivity index (χ1n) is 4.97. The highest BCUT2D eigenvalue weighted by Gasteiger charge is 2.31. The monoisotopic (exact) mass is 193 g/mol. The Morgan fingerprint density at radius 2 is 2.43 bits per heavy atom. The minimum atomic E-state index is -0.143. The molecule has 1 heterocycles. The van der Waals surface area contributed by atoms with E-state index < -0.39 is 0 Å². The first-order valence-corrected chi connectivity index (χ1v) is 4.97. The first kappa shape index (κ1) is 9.24. The maximum Gasteiger partial charge on any atom is 0.290 e. The fraction of sp³-hybridized carbons (Fsp3) is 0.600. The summed E-state index contributed by atoms with van der Waals surface area (Å²) in [6.45, 7) is 3.08. The van der Waals surface area contributed by atoms with Crippen molar-refractivity contribution in [2.24, 2.45) is 5.41 Å². The van der Waals surface area contributed by atoms with Gasteiger partial charge in [0.2, 0.25) is 0 Å². The Kier molecular flexibility index (Phi) is 2.27. The maximum atomic E-state index is 11.3. The molecular weight excluding hydrogens is 178 g/mol. The summed E-state index contributed by atoms with van der Waals surface area (Å²) in [5, 5.41) is 3.10. The van der Waals surface area contributed by atoms with E-state index in [2.05, 4.69) is 22.2 Å². The molecule has 1 aromatic heterocycles. The van der Waals surface area contributed by atoms with Crippen LogP contribution in [0.15, 0.2) is 17.2 Å². The van der Waals surface area contributed by atoms with Crippen LogP contribution in [0, 0.1) is 5.41 Å². The zero-order valence-corrected chi connectivity index (χ0v) is 8.34. The molecule has 1 aliphatic rings. The lowest BCUT2D eigenvalue weighted by atomic mass is 9.70. The SMILES string of the molecule is CC1(CNc2ncc[nH]c2=O)CCC1. The van der Waals surface area contributed by atoms with Gasteiger partial charge in [-0.25, -0.2) is 4.98 Å². The molecule has 4 heteroatoms. The quantitative estimate of drug-likeness (QED) is 0.762. The molecule has 0 atom stereocenters.